The predicted octanol–water partition coefficient (Wildman–Crippen LogP) is 5.68. The highest BCUT2D eigenvalue weighted by Crippen LogP contribution is 2.33. The monoisotopic (exact) mass is 349 g/mol. The topological polar surface area (TPSA) is 41.7 Å². The third-order valence-electron chi connectivity index (χ3n) is 4.99. The van der Waals surface area contributed by atoms with Crippen molar-refractivity contribution in [3.8, 4) is 11.1 Å². The summed E-state index contributed by atoms with van der Waals surface area (Å²) in [6, 6.07) is 13.4. The molecule has 0 bridgehead atoms. The van der Waals surface area contributed by atoms with Gasteiger partial charge in [0, 0.05) is 11.8 Å². The minimum absolute atomic E-state index is 0.172. The molecule has 0 aliphatic carbocycles. The van der Waals surface area contributed by atoms with Gasteiger partial charge in [-0.3, -0.25) is 4.79 Å². The largest absolute Gasteiger partial charge is 0.393 e. The van der Waals surface area contributed by atoms with E-state index in [1.807, 2.05) is 50.2 Å². The highest BCUT2D eigenvalue weighted by atomic mass is 16.3. The quantitative estimate of drug-likeness (QED) is 0.653. The van der Waals surface area contributed by atoms with E-state index in [1.165, 1.54) is 0 Å². The summed E-state index contributed by atoms with van der Waals surface area (Å²) in [4.78, 5) is 16.1. The SMILES string of the molecule is [C-]#[N+]c1cccc(-c2ccc(C(C)(C)C(=O)CCC(C)C)cc2)c1CO. The third kappa shape index (κ3) is 4.20. The van der Waals surface area contributed by atoms with Crippen LogP contribution < -0.4 is 0 Å². The first-order chi connectivity index (χ1) is 12.3. The van der Waals surface area contributed by atoms with Gasteiger partial charge in [0.15, 0.2) is 5.69 Å². The second-order valence-corrected chi connectivity index (χ2v) is 7.63. The Morgan fingerprint density at radius 3 is 2.35 bits per heavy atom. The zero-order chi connectivity index (χ0) is 19.3. The molecule has 2 aromatic rings. The Kier molecular flexibility index (Phi) is 6.34. The van der Waals surface area contributed by atoms with Crippen molar-refractivity contribution < 1.29 is 9.90 Å². The molecular formula is C23H27NO2. The molecule has 26 heavy (non-hydrogen) atoms. The molecule has 0 saturated carbocycles. The summed E-state index contributed by atoms with van der Waals surface area (Å²) in [6.07, 6.45) is 1.50. The maximum atomic E-state index is 12.6. The van der Waals surface area contributed by atoms with Crippen molar-refractivity contribution in [1.82, 2.24) is 0 Å². The molecule has 0 unspecified atom stereocenters. The van der Waals surface area contributed by atoms with Crippen molar-refractivity contribution in [3.63, 3.8) is 0 Å². The lowest BCUT2D eigenvalue weighted by Crippen LogP contribution is -2.29. The molecule has 136 valence electrons. The standard InChI is InChI=1S/C23H27NO2/c1-16(2)9-14-22(26)23(3,4)18-12-10-17(11-13-18)19-7-6-8-21(24-5)20(19)15-25/h6-8,10-13,16,25H,9,14-15H2,1-4H3. The molecule has 1 N–H and O–H groups in total. The van der Waals surface area contributed by atoms with Crippen LogP contribution in [0.15, 0.2) is 42.5 Å². The second-order valence-electron chi connectivity index (χ2n) is 7.63. The van der Waals surface area contributed by atoms with E-state index in [0.29, 0.717) is 23.6 Å². The molecule has 0 saturated heterocycles. The van der Waals surface area contributed by atoms with E-state index in [1.54, 1.807) is 6.07 Å². The average Bonchev–Trinajstić information content (AvgIpc) is 2.65. The molecule has 0 amide bonds. The average molecular weight is 349 g/mol. The van der Waals surface area contributed by atoms with Gasteiger partial charge in [-0.05, 0) is 48.4 Å². The van der Waals surface area contributed by atoms with Crippen LogP contribution in [0.4, 0.5) is 5.69 Å². The van der Waals surface area contributed by atoms with Crippen molar-refractivity contribution in [2.24, 2.45) is 5.92 Å². The Bertz CT molecular complexity index is 811. The van der Waals surface area contributed by atoms with E-state index < -0.39 is 5.41 Å². The summed E-state index contributed by atoms with van der Waals surface area (Å²) >= 11 is 0. The van der Waals surface area contributed by atoms with Crippen LogP contribution in [0, 0.1) is 12.5 Å². The Labute approximate surface area is 156 Å². The summed E-state index contributed by atoms with van der Waals surface area (Å²) in [6.45, 7) is 15.3. The van der Waals surface area contributed by atoms with Crippen molar-refractivity contribution in [2.45, 2.75) is 52.6 Å². The molecule has 0 aromatic heterocycles. The lowest BCUT2D eigenvalue weighted by molar-refractivity contribution is -0.123. The highest BCUT2D eigenvalue weighted by molar-refractivity contribution is 5.89. The zero-order valence-corrected chi connectivity index (χ0v) is 16.0. The number of aliphatic hydroxyl groups excluding tert-OH is 1. The van der Waals surface area contributed by atoms with Crippen LogP contribution in [0.5, 0.6) is 0 Å². The third-order valence-corrected chi connectivity index (χ3v) is 4.99. The van der Waals surface area contributed by atoms with Crippen molar-refractivity contribution in [1.29, 1.82) is 0 Å². The van der Waals surface area contributed by atoms with Crippen LogP contribution >= 0.6 is 0 Å². The van der Waals surface area contributed by atoms with E-state index in [-0.39, 0.29) is 12.4 Å². The van der Waals surface area contributed by atoms with Crippen molar-refractivity contribution in [2.75, 3.05) is 0 Å². The van der Waals surface area contributed by atoms with Gasteiger partial charge in [-0.25, -0.2) is 4.85 Å². The predicted molar refractivity (Wildman–Crippen MR) is 106 cm³/mol. The van der Waals surface area contributed by atoms with Gasteiger partial charge in [0.05, 0.1) is 13.2 Å². The molecule has 2 rings (SSSR count). The number of rotatable bonds is 7. The van der Waals surface area contributed by atoms with Gasteiger partial charge in [0.25, 0.3) is 0 Å². The molecule has 0 radical (unpaired) electrons. The molecule has 0 heterocycles. The fraction of sp³-hybridized carbons (Fsp3) is 0.391. The highest BCUT2D eigenvalue weighted by Gasteiger charge is 2.29. The van der Waals surface area contributed by atoms with Crippen LogP contribution in [0.1, 0.15) is 51.7 Å². The molecule has 0 fully saturated rings. The number of aliphatic hydroxyl groups is 1. The molecule has 0 aliphatic heterocycles. The van der Waals surface area contributed by atoms with Gasteiger partial charge < -0.3 is 5.11 Å². The zero-order valence-electron chi connectivity index (χ0n) is 16.0. The number of hydrogen-bond donors (Lipinski definition) is 1. The van der Waals surface area contributed by atoms with Crippen LogP contribution in [-0.4, -0.2) is 10.9 Å². The van der Waals surface area contributed by atoms with Crippen LogP contribution in [0.25, 0.3) is 16.0 Å². The lowest BCUT2D eigenvalue weighted by Gasteiger charge is -2.24. The van der Waals surface area contributed by atoms with Gasteiger partial charge in [0.2, 0.25) is 0 Å². The molecule has 3 heteroatoms. The first-order valence-corrected chi connectivity index (χ1v) is 9.05. The maximum Gasteiger partial charge on any atom is 0.193 e. The maximum absolute atomic E-state index is 12.6. The minimum atomic E-state index is -0.522. The van der Waals surface area contributed by atoms with Crippen LogP contribution in [0.3, 0.4) is 0 Å². The van der Waals surface area contributed by atoms with Gasteiger partial charge in [0.1, 0.15) is 5.78 Å². The number of hydrogen-bond acceptors (Lipinski definition) is 2. The lowest BCUT2D eigenvalue weighted by atomic mass is 9.78. The van der Waals surface area contributed by atoms with E-state index in [2.05, 4.69) is 18.7 Å². The normalized spacial score (nSPS) is 11.4. The first kappa shape index (κ1) is 19.9. The van der Waals surface area contributed by atoms with Crippen molar-refractivity contribution in [3.05, 3.63) is 65.0 Å². The molecule has 0 atom stereocenters. The number of carbonyl (C=O) groups is 1. The molecule has 2 aromatic carbocycles. The number of carbonyl (C=O) groups excluding carboxylic acids is 1. The van der Waals surface area contributed by atoms with Gasteiger partial charge in [-0.2, -0.15) is 0 Å². The number of Topliss-reactive ketones (excluding diaryl/α,β-unsaturated/α-hetero) is 1. The summed E-state index contributed by atoms with van der Waals surface area (Å²) in [5, 5.41) is 9.66. The number of nitrogens with zero attached hydrogens (tertiary/aromatic N) is 1. The smallest absolute Gasteiger partial charge is 0.193 e. The van der Waals surface area contributed by atoms with Crippen LogP contribution in [0.2, 0.25) is 0 Å². The van der Waals surface area contributed by atoms with Gasteiger partial charge in [-0.1, -0.05) is 56.3 Å². The van der Waals surface area contributed by atoms with Crippen LogP contribution in [-0.2, 0) is 16.8 Å². The summed E-state index contributed by atoms with van der Waals surface area (Å²) in [5.74, 6) is 0.772. The van der Waals surface area contributed by atoms with Gasteiger partial charge >= 0.3 is 0 Å². The molecule has 0 spiro atoms. The van der Waals surface area contributed by atoms with E-state index in [4.69, 9.17) is 6.57 Å². The Morgan fingerprint density at radius 2 is 1.81 bits per heavy atom. The van der Waals surface area contributed by atoms with E-state index in [0.717, 1.165) is 23.1 Å². The fourth-order valence-electron chi connectivity index (χ4n) is 3.08. The fourth-order valence-corrected chi connectivity index (χ4v) is 3.08. The first-order valence-electron chi connectivity index (χ1n) is 9.05. The van der Waals surface area contributed by atoms with E-state index >= 15 is 0 Å². The Balaban J connectivity index is 2.32. The number of ketones is 1. The summed E-state index contributed by atoms with van der Waals surface area (Å²) < 4.78 is 0. The molecule has 0 aliphatic rings. The Hall–Kier alpha value is -2.44. The van der Waals surface area contributed by atoms with Gasteiger partial charge in [-0.15, -0.1) is 0 Å². The molecular weight excluding hydrogens is 322 g/mol. The summed E-state index contributed by atoms with van der Waals surface area (Å²) in [5.41, 5.74) is 3.37. The summed E-state index contributed by atoms with van der Waals surface area (Å²) in [7, 11) is 0. The molecule has 3 nitrogen and oxygen atoms in total. The Morgan fingerprint density at radius 1 is 1.15 bits per heavy atom. The van der Waals surface area contributed by atoms with E-state index in [9.17, 15) is 9.90 Å². The number of benzene rings is 2. The van der Waals surface area contributed by atoms with Crippen molar-refractivity contribution >= 4 is 11.5 Å². The second kappa shape index (κ2) is 8.29. The minimum Gasteiger partial charge on any atom is -0.393 e.